The lowest BCUT2D eigenvalue weighted by atomic mass is 10.0. The molecule has 1 amide bonds. The van der Waals surface area contributed by atoms with Crippen LogP contribution in [0.4, 0.5) is 5.69 Å². The second-order valence-electron chi connectivity index (χ2n) is 5.21. The van der Waals surface area contributed by atoms with E-state index < -0.39 is 0 Å². The van der Waals surface area contributed by atoms with Crippen molar-refractivity contribution < 1.29 is 4.79 Å². The molecule has 0 saturated heterocycles. The summed E-state index contributed by atoms with van der Waals surface area (Å²) >= 11 is 5.14. The van der Waals surface area contributed by atoms with Crippen LogP contribution in [0.1, 0.15) is 5.56 Å². The number of fused-ring (bicyclic) bond motifs is 1. The number of para-hydroxylation sites is 1. The lowest BCUT2D eigenvalue weighted by molar-refractivity contribution is -0.115. The number of carbonyl (C=O) groups excluding carboxylic acids is 1. The van der Waals surface area contributed by atoms with Crippen molar-refractivity contribution in [3.05, 3.63) is 84.4 Å². The first kappa shape index (κ1) is 15.9. The Morgan fingerprint density at radius 3 is 2.42 bits per heavy atom. The number of rotatable bonds is 3. The Balaban J connectivity index is 1.65. The highest BCUT2D eigenvalue weighted by Gasteiger charge is 2.02. The number of carbonyl (C=O) groups is 1. The van der Waals surface area contributed by atoms with Gasteiger partial charge in [-0.2, -0.15) is 0 Å². The van der Waals surface area contributed by atoms with E-state index in [0.717, 1.165) is 22.0 Å². The third kappa shape index (κ3) is 4.06. The second-order valence-corrected chi connectivity index (χ2v) is 5.62. The van der Waals surface area contributed by atoms with Gasteiger partial charge in [-0.25, -0.2) is 0 Å². The molecule has 2 N–H and O–H groups in total. The summed E-state index contributed by atoms with van der Waals surface area (Å²) < 4.78 is 0. The second kappa shape index (κ2) is 7.53. The van der Waals surface area contributed by atoms with Crippen molar-refractivity contribution in [3.8, 4) is 0 Å². The molecule has 0 bridgehead atoms. The van der Waals surface area contributed by atoms with Crippen LogP contribution in [0.3, 0.4) is 0 Å². The smallest absolute Gasteiger partial charge is 0.250 e. The average Bonchev–Trinajstić information content (AvgIpc) is 2.60. The van der Waals surface area contributed by atoms with Crippen molar-refractivity contribution in [2.24, 2.45) is 0 Å². The average molecular weight is 332 g/mol. The molecule has 0 spiro atoms. The lowest BCUT2D eigenvalue weighted by Gasteiger charge is -2.07. The predicted molar refractivity (Wildman–Crippen MR) is 104 cm³/mol. The molecule has 3 aromatic carbocycles. The van der Waals surface area contributed by atoms with E-state index in [1.165, 1.54) is 6.08 Å². The summed E-state index contributed by atoms with van der Waals surface area (Å²) in [5.41, 5.74) is 1.83. The molecule has 24 heavy (non-hydrogen) atoms. The van der Waals surface area contributed by atoms with E-state index in [1.807, 2.05) is 72.8 Å². The normalized spacial score (nSPS) is 10.7. The van der Waals surface area contributed by atoms with Crippen molar-refractivity contribution >= 4 is 45.8 Å². The van der Waals surface area contributed by atoms with Crippen LogP contribution in [-0.2, 0) is 4.79 Å². The van der Waals surface area contributed by atoms with Crippen LogP contribution in [0.5, 0.6) is 0 Å². The number of amides is 1. The molecule has 0 aliphatic carbocycles. The van der Waals surface area contributed by atoms with E-state index in [9.17, 15) is 4.79 Å². The number of benzene rings is 3. The topological polar surface area (TPSA) is 41.1 Å². The summed E-state index contributed by atoms with van der Waals surface area (Å²) in [4.78, 5) is 12.0. The molecule has 3 aromatic rings. The largest absolute Gasteiger partial charge is 0.332 e. The SMILES string of the molecule is O=C(C=Cc1cccc2ccccc12)NC(=S)Nc1ccccc1. The quantitative estimate of drug-likeness (QED) is 0.553. The van der Waals surface area contributed by atoms with Gasteiger partial charge in [-0.3, -0.25) is 10.1 Å². The number of hydrogen-bond donors (Lipinski definition) is 2. The molecular weight excluding hydrogens is 316 g/mol. The van der Waals surface area contributed by atoms with Gasteiger partial charge in [-0.05, 0) is 46.8 Å². The number of thiocarbonyl (C=S) groups is 1. The predicted octanol–water partition coefficient (Wildman–Crippen LogP) is 4.37. The van der Waals surface area contributed by atoms with Crippen molar-refractivity contribution in [3.63, 3.8) is 0 Å². The minimum absolute atomic E-state index is 0.267. The molecule has 0 aromatic heterocycles. The van der Waals surface area contributed by atoms with Crippen LogP contribution in [0.25, 0.3) is 16.8 Å². The molecule has 0 fully saturated rings. The van der Waals surface area contributed by atoms with E-state index in [4.69, 9.17) is 12.2 Å². The van der Waals surface area contributed by atoms with Crippen LogP contribution in [0, 0.1) is 0 Å². The van der Waals surface area contributed by atoms with Gasteiger partial charge in [0, 0.05) is 11.8 Å². The molecule has 0 radical (unpaired) electrons. The number of hydrogen-bond acceptors (Lipinski definition) is 2. The maximum absolute atomic E-state index is 12.0. The zero-order valence-corrected chi connectivity index (χ0v) is 13.7. The Morgan fingerprint density at radius 1 is 0.875 bits per heavy atom. The molecule has 0 aliphatic heterocycles. The monoisotopic (exact) mass is 332 g/mol. The van der Waals surface area contributed by atoms with E-state index >= 15 is 0 Å². The Bertz CT molecular complexity index is 898. The van der Waals surface area contributed by atoms with E-state index in [0.29, 0.717) is 0 Å². The third-order valence-electron chi connectivity index (χ3n) is 3.51. The van der Waals surface area contributed by atoms with E-state index in [2.05, 4.69) is 10.6 Å². The first-order valence-corrected chi connectivity index (χ1v) is 7.96. The van der Waals surface area contributed by atoms with Gasteiger partial charge in [-0.1, -0.05) is 60.7 Å². The van der Waals surface area contributed by atoms with Gasteiger partial charge in [0.05, 0.1) is 0 Å². The highest BCUT2D eigenvalue weighted by molar-refractivity contribution is 7.80. The number of anilines is 1. The Kier molecular flexibility index (Phi) is 4.99. The first-order chi connectivity index (χ1) is 11.7. The van der Waals surface area contributed by atoms with Gasteiger partial charge in [0.1, 0.15) is 0 Å². The summed E-state index contributed by atoms with van der Waals surface area (Å²) in [6, 6.07) is 23.5. The standard InChI is InChI=1S/C20H16N2OS/c23-19(22-20(24)21-17-10-2-1-3-11-17)14-13-16-9-6-8-15-7-4-5-12-18(15)16/h1-14H,(H2,21,22,23,24). The van der Waals surface area contributed by atoms with Crippen LogP contribution in [-0.4, -0.2) is 11.0 Å². The zero-order chi connectivity index (χ0) is 16.8. The molecule has 3 nitrogen and oxygen atoms in total. The minimum Gasteiger partial charge on any atom is -0.332 e. The first-order valence-electron chi connectivity index (χ1n) is 7.55. The fourth-order valence-corrected chi connectivity index (χ4v) is 2.62. The summed E-state index contributed by atoms with van der Waals surface area (Å²) in [5.74, 6) is -0.267. The van der Waals surface area contributed by atoms with Gasteiger partial charge in [0.2, 0.25) is 5.91 Å². The molecular formula is C20H16N2OS. The van der Waals surface area contributed by atoms with Gasteiger partial charge in [0.15, 0.2) is 5.11 Å². The van der Waals surface area contributed by atoms with Crippen LogP contribution >= 0.6 is 12.2 Å². The maximum Gasteiger partial charge on any atom is 0.250 e. The van der Waals surface area contributed by atoms with Crippen LogP contribution in [0.2, 0.25) is 0 Å². The fourth-order valence-electron chi connectivity index (χ4n) is 2.40. The number of nitrogens with one attached hydrogen (secondary N) is 2. The van der Waals surface area contributed by atoms with Gasteiger partial charge < -0.3 is 5.32 Å². The molecule has 0 unspecified atom stereocenters. The Morgan fingerprint density at radius 2 is 1.58 bits per heavy atom. The third-order valence-corrected chi connectivity index (χ3v) is 3.71. The van der Waals surface area contributed by atoms with Crippen molar-refractivity contribution in [1.82, 2.24) is 5.32 Å². The molecule has 4 heteroatoms. The molecule has 118 valence electrons. The van der Waals surface area contributed by atoms with Gasteiger partial charge in [0.25, 0.3) is 0 Å². The Labute approximate surface area is 146 Å². The van der Waals surface area contributed by atoms with Crippen LogP contribution in [0.15, 0.2) is 78.9 Å². The maximum atomic E-state index is 12.0. The van der Waals surface area contributed by atoms with Gasteiger partial charge >= 0.3 is 0 Å². The van der Waals surface area contributed by atoms with Gasteiger partial charge in [-0.15, -0.1) is 0 Å². The van der Waals surface area contributed by atoms with E-state index in [1.54, 1.807) is 6.08 Å². The molecule has 0 saturated carbocycles. The fraction of sp³-hybridized carbons (Fsp3) is 0. The molecule has 0 aliphatic rings. The summed E-state index contributed by atoms with van der Waals surface area (Å²) in [6.07, 6.45) is 3.28. The summed E-state index contributed by atoms with van der Waals surface area (Å²) in [5, 5.41) is 8.13. The van der Waals surface area contributed by atoms with Crippen molar-refractivity contribution in [2.45, 2.75) is 0 Å². The van der Waals surface area contributed by atoms with Crippen molar-refractivity contribution in [2.75, 3.05) is 5.32 Å². The van der Waals surface area contributed by atoms with E-state index in [-0.39, 0.29) is 11.0 Å². The van der Waals surface area contributed by atoms with Crippen molar-refractivity contribution in [1.29, 1.82) is 0 Å². The molecule has 0 heterocycles. The minimum atomic E-state index is -0.267. The molecule has 3 rings (SSSR count). The Hall–Kier alpha value is -2.98. The zero-order valence-electron chi connectivity index (χ0n) is 12.9. The van der Waals surface area contributed by atoms with Crippen LogP contribution < -0.4 is 10.6 Å². The molecule has 0 atom stereocenters. The highest BCUT2D eigenvalue weighted by atomic mass is 32.1. The summed E-state index contributed by atoms with van der Waals surface area (Å²) in [7, 11) is 0. The lowest BCUT2D eigenvalue weighted by Crippen LogP contribution is -2.32. The summed E-state index contributed by atoms with van der Waals surface area (Å²) in [6.45, 7) is 0. The highest BCUT2D eigenvalue weighted by Crippen LogP contribution is 2.19.